The Kier molecular flexibility index (Phi) is 4.73. The van der Waals surface area contributed by atoms with Gasteiger partial charge in [-0.1, -0.05) is 30.3 Å². The number of carbonyl (C=O) groups excluding carboxylic acids is 2. The molecular weight excluding hydrogens is 396 g/mol. The molecule has 0 aromatic heterocycles. The van der Waals surface area contributed by atoms with Crippen molar-refractivity contribution in [1.29, 1.82) is 0 Å². The van der Waals surface area contributed by atoms with E-state index in [2.05, 4.69) is 5.32 Å². The van der Waals surface area contributed by atoms with Gasteiger partial charge in [0.2, 0.25) is 11.8 Å². The predicted molar refractivity (Wildman–Crippen MR) is 96.4 cm³/mol. The number of hydrogen-bond acceptors (Lipinski definition) is 6. The Morgan fingerprint density at radius 3 is 2.37 bits per heavy atom. The number of nitrogens with zero attached hydrogens (tertiary/aromatic N) is 1. The molecule has 2 saturated heterocycles. The van der Waals surface area contributed by atoms with Crippen LogP contribution in [-0.4, -0.2) is 63.0 Å². The van der Waals surface area contributed by atoms with E-state index in [4.69, 9.17) is 0 Å². The molecule has 11 heteroatoms. The number of nitrogens with one attached hydrogen (secondary N) is 1. The summed E-state index contributed by atoms with van der Waals surface area (Å²) in [6.45, 7) is 3.37. The zero-order chi connectivity index (χ0) is 20.1. The summed E-state index contributed by atoms with van der Waals surface area (Å²) in [5, 5.41) is 9.26. The number of carboxylic acids is 1. The first kappa shape index (κ1) is 19.6. The molecule has 0 spiro atoms. The Balaban J connectivity index is 1.83. The highest BCUT2D eigenvalue weighted by atomic mass is 32.2. The van der Waals surface area contributed by atoms with Crippen molar-refractivity contribution in [1.82, 2.24) is 10.2 Å². The van der Waals surface area contributed by atoms with Gasteiger partial charge in [0, 0.05) is 4.75 Å². The third-order valence-corrected chi connectivity index (χ3v) is 7.26. The van der Waals surface area contributed by atoms with Crippen LogP contribution in [0.3, 0.4) is 0 Å². The van der Waals surface area contributed by atoms with E-state index in [1.165, 1.54) is 40.9 Å². The number of rotatable bonds is 5. The summed E-state index contributed by atoms with van der Waals surface area (Å²) in [5.74, 6) is -2.78. The molecule has 4 atom stereocenters. The molecule has 1 aromatic carbocycles. The summed E-state index contributed by atoms with van der Waals surface area (Å²) in [7, 11) is -4.77. The standard InChI is InChI=1S/C16H18N2O7S2/c1-16(2)11(15(21)22)18-13(20)9(14(18)26-16)17-12(19)10(27(23,24)25)8-6-4-3-5-7-8/h3-7,9-11,14H,1-2H3,(H,17,19)(H,21,22)(H,23,24,25)/t9-,10-,11-,14+/m0/s1. The van der Waals surface area contributed by atoms with E-state index in [0.29, 0.717) is 0 Å². The molecule has 2 aliphatic rings. The van der Waals surface area contributed by atoms with Crippen LogP contribution in [0.5, 0.6) is 0 Å². The molecule has 0 aliphatic carbocycles. The van der Waals surface area contributed by atoms with Gasteiger partial charge in [-0.05, 0) is 19.4 Å². The summed E-state index contributed by atoms with van der Waals surface area (Å²) in [4.78, 5) is 37.7. The molecule has 146 valence electrons. The van der Waals surface area contributed by atoms with E-state index in [-0.39, 0.29) is 5.56 Å². The van der Waals surface area contributed by atoms with Crippen molar-refractivity contribution in [3.05, 3.63) is 35.9 Å². The second-order valence-electron chi connectivity index (χ2n) is 6.89. The molecule has 1 aromatic rings. The molecule has 0 saturated carbocycles. The monoisotopic (exact) mass is 414 g/mol. The number of benzene rings is 1. The van der Waals surface area contributed by atoms with Gasteiger partial charge in [-0.2, -0.15) is 8.42 Å². The fourth-order valence-corrected chi connectivity index (χ4v) is 5.93. The first-order valence-corrected chi connectivity index (χ1v) is 10.4. The van der Waals surface area contributed by atoms with Crippen LogP contribution in [-0.2, 0) is 24.5 Å². The molecule has 0 radical (unpaired) electrons. The molecule has 0 unspecified atom stereocenters. The van der Waals surface area contributed by atoms with Gasteiger partial charge in [0.25, 0.3) is 10.1 Å². The molecule has 3 rings (SSSR count). The van der Waals surface area contributed by atoms with Crippen LogP contribution in [0, 0.1) is 0 Å². The minimum absolute atomic E-state index is 0.0592. The van der Waals surface area contributed by atoms with Crippen molar-refractivity contribution in [3.8, 4) is 0 Å². The number of carboxylic acid groups (broad SMARTS) is 1. The fraction of sp³-hybridized carbons (Fsp3) is 0.438. The van der Waals surface area contributed by atoms with Crippen LogP contribution in [0.1, 0.15) is 24.7 Å². The van der Waals surface area contributed by atoms with Gasteiger partial charge in [0.15, 0.2) is 5.25 Å². The Morgan fingerprint density at radius 1 is 1.26 bits per heavy atom. The van der Waals surface area contributed by atoms with E-state index in [1.54, 1.807) is 19.9 Å². The Morgan fingerprint density at radius 2 is 1.85 bits per heavy atom. The lowest BCUT2D eigenvalue weighted by Gasteiger charge is -2.43. The Hall–Kier alpha value is -2.11. The summed E-state index contributed by atoms with van der Waals surface area (Å²) < 4.78 is 32.2. The molecule has 0 bridgehead atoms. The van der Waals surface area contributed by atoms with Crippen LogP contribution >= 0.6 is 11.8 Å². The topological polar surface area (TPSA) is 141 Å². The van der Waals surface area contributed by atoms with Crippen LogP contribution in [0.25, 0.3) is 0 Å². The molecule has 9 nitrogen and oxygen atoms in total. The quantitative estimate of drug-likeness (QED) is 0.460. The zero-order valence-corrected chi connectivity index (χ0v) is 16.0. The molecule has 2 aliphatic heterocycles. The highest BCUT2D eigenvalue weighted by molar-refractivity contribution is 8.01. The minimum Gasteiger partial charge on any atom is -0.480 e. The van der Waals surface area contributed by atoms with Crippen LogP contribution in [0.4, 0.5) is 0 Å². The van der Waals surface area contributed by atoms with Gasteiger partial charge in [0.05, 0.1) is 0 Å². The summed E-state index contributed by atoms with van der Waals surface area (Å²) in [6, 6.07) is 5.31. The number of aliphatic carboxylic acids is 1. The van der Waals surface area contributed by atoms with Crippen molar-refractivity contribution in [2.45, 2.75) is 41.3 Å². The van der Waals surface area contributed by atoms with Crippen LogP contribution in [0.2, 0.25) is 0 Å². The van der Waals surface area contributed by atoms with Crippen LogP contribution < -0.4 is 5.32 Å². The number of amides is 2. The molecule has 2 heterocycles. The minimum atomic E-state index is -4.77. The number of fused-ring (bicyclic) bond motifs is 1. The normalized spacial score (nSPS) is 27.4. The number of carbonyl (C=O) groups is 3. The van der Waals surface area contributed by atoms with Crippen molar-refractivity contribution in [2.24, 2.45) is 0 Å². The lowest BCUT2D eigenvalue weighted by molar-refractivity contribution is -0.161. The van der Waals surface area contributed by atoms with Crippen molar-refractivity contribution < 1.29 is 32.5 Å². The molecule has 3 N–H and O–H groups in total. The maximum absolute atomic E-state index is 12.6. The highest BCUT2D eigenvalue weighted by Gasteiger charge is 2.64. The molecule has 2 fully saturated rings. The third kappa shape index (κ3) is 3.30. The maximum atomic E-state index is 12.6. The first-order chi connectivity index (χ1) is 12.4. The number of thioether (sulfide) groups is 1. The SMILES string of the molecule is CC1(C)S[C@@H]2[C@@H](NC(=O)[C@H](c3ccccc3)S(=O)(=O)O)C(=O)N2[C@H]1C(=O)O. The zero-order valence-electron chi connectivity index (χ0n) is 14.4. The maximum Gasteiger partial charge on any atom is 0.327 e. The van der Waals surface area contributed by atoms with Crippen LogP contribution in [0.15, 0.2) is 30.3 Å². The molecule has 2 amide bonds. The van der Waals surface area contributed by atoms with Gasteiger partial charge >= 0.3 is 5.97 Å². The number of hydrogen-bond donors (Lipinski definition) is 3. The van der Waals surface area contributed by atoms with Crippen molar-refractivity contribution >= 4 is 39.7 Å². The summed E-state index contributed by atoms with van der Waals surface area (Å²) in [5.41, 5.74) is 0.0592. The Labute approximate surface area is 159 Å². The first-order valence-electron chi connectivity index (χ1n) is 7.99. The van der Waals surface area contributed by atoms with Gasteiger partial charge in [-0.25, -0.2) is 4.79 Å². The van der Waals surface area contributed by atoms with E-state index < -0.39 is 55.4 Å². The lowest BCUT2D eigenvalue weighted by atomic mass is 9.96. The van der Waals surface area contributed by atoms with Gasteiger partial charge in [-0.3, -0.25) is 14.1 Å². The van der Waals surface area contributed by atoms with Gasteiger partial charge in [0.1, 0.15) is 17.5 Å². The van der Waals surface area contributed by atoms with E-state index >= 15 is 0 Å². The van der Waals surface area contributed by atoms with Gasteiger partial charge in [-0.15, -0.1) is 11.8 Å². The largest absolute Gasteiger partial charge is 0.480 e. The average Bonchev–Trinajstić information content (AvgIpc) is 2.81. The van der Waals surface area contributed by atoms with E-state index in [1.807, 2.05) is 0 Å². The average molecular weight is 414 g/mol. The van der Waals surface area contributed by atoms with Gasteiger partial charge < -0.3 is 15.3 Å². The van der Waals surface area contributed by atoms with Crippen molar-refractivity contribution in [3.63, 3.8) is 0 Å². The van der Waals surface area contributed by atoms with E-state index in [0.717, 1.165) is 0 Å². The molecular formula is C16H18N2O7S2. The fourth-order valence-electron chi connectivity index (χ4n) is 3.46. The molecule has 27 heavy (non-hydrogen) atoms. The number of β-lactam (4-membered cyclic amide) rings is 1. The summed E-state index contributed by atoms with van der Waals surface area (Å²) in [6.07, 6.45) is 0. The third-order valence-electron chi connectivity index (χ3n) is 4.61. The second-order valence-corrected chi connectivity index (χ2v) is 10.2. The second kappa shape index (κ2) is 6.50. The summed E-state index contributed by atoms with van der Waals surface area (Å²) >= 11 is 1.22. The Bertz CT molecular complexity index is 901. The highest BCUT2D eigenvalue weighted by Crippen LogP contribution is 2.50. The van der Waals surface area contributed by atoms with Crippen molar-refractivity contribution in [2.75, 3.05) is 0 Å². The van der Waals surface area contributed by atoms with E-state index in [9.17, 15) is 32.5 Å². The predicted octanol–water partition coefficient (Wildman–Crippen LogP) is 0.247. The smallest absolute Gasteiger partial charge is 0.327 e. The lowest BCUT2D eigenvalue weighted by Crippen LogP contribution is -2.71.